The average molecular weight is 675 g/mol. The van der Waals surface area contributed by atoms with Crippen LogP contribution in [0.25, 0.3) is 0 Å². The number of carbonyl (C=O) groups is 1. The highest BCUT2D eigenvalue weighted by atomic mass is 16.6. The number of aromatic nitrogens is 2. The third kappa shape index (κ3) is 8.75. The molecule has 1 aliphatic rings. The number of fused-ring (bicyclic) bond motifs is 1. The van der Waals surface area contributed by atoms with Crippen LogP contribution < -0.4 is 9.80 Å². The Bertz CT molecular complexity index is 1540. The molecule has 0 bridgehead atoms. The molecule has 0 radical (unpaired) electrons. The third-order valence-corrected chi connectivity index (χ3v) is 10.2. The minimum Gasteiger partial charge on any atom is -0.423 e. The van der Waals surface area contributed by atoms with Crippen LogP contribution in [0.5, 0.6) is 0 Å². The summed E-state index contributed by atoms with van der Waals surface area (Å²) in [6.07, 6.45) is 20.7. The Balaban J connectivity index is 1.53. The first-order valence-electron chi connectivity index (χ1n) is 19.4. The molecular weight excluding hydrogens is 617 g/mol. The summed E-state index contributed by atoms with van der Waals surface area (Å²) in [5.41, 5.74) is 5.87. The van der Waals surface area contributed by atoms with Gasteiger partial charge in [-0.3, -0.25) is 9.88 Å². The van der Waals surface area contributed by atoms with E-state index in [1.807, 2.05) is 0 Å². The van der Waals surface area contributed by atoms with Crippen LogP contribution in [-0.4, -0.2) is 29.0 Å². The molecule has 0 spiro atoms. The van der Waals surface area contributed by atoms with E-state index in [-0.39, 0.29) is 5.69 Å². The molecule has 0 saturated carbocycles. The minimum absolute atomic E-state index is 0.254. The van der Waals surface area contributed by atoms with E-state index in [2.05, 4.69) is 115 Å². The smallest absolute Gasteiger partial charge is 0.361 e. The molecule has 0 fully saturated rings. The highest BCUT2D eigenvalue weighted by Gasteiger charge is 2.55. The molecule has 2 heterocycles. The third-order valence-electron chi connectivity index (χ3n) is 10.2. The van der Waals surface area contributed by atoms with Gasteiger partial charge in [-0.15, -0.1) is 0 Å². The number of rotatable bonds is 21. The number of aryl methyl sites for hydroxylation is 2. The summed E-state index contributed by atoms with van der Waals surface area (Å²) in [7, 11) is 0. The SMILES string of the molecule is CCCCCCCCc1ccc(N(c2ccc(CCCCCCCC)cc2)C2(c3ccc(N(CC)CC)cc3)OC(=O)c3nccnc32)cc1. The van der Waals surface area contributed by atoms with Crippen molar-refractivity contribution in [2.24, 2.45) is 0 Å². The van der Waals surface area contributed by atoms with E-state index >= 15 is 0 Å². The molecule has 4 aromatic rings. The van der Waals surface area contributed by atoms with Gasteiger partial charge in [-0.2, -0.15) is 0 Å². The van der Waals surface area contributed by atoms with Crippen molar-refractivity contribution < 1.29 is 9.53 Å². The lowest BCUT2D eigenvalue weighted by molar-refractivity contribution is 0.0120. The van der Waals surface area contributed by atoms with E-state index in [1.165, 1.54) is 88.2 Å². The van der Waals surface area contributed by atoms with E-state index in [1.54, 1.807) is 12.4 Å². The van der Waals surface area contributed by atoms with Gasteiger partial charge in [0.15, 0.2) is 5.69 Å². The molecule has 3 aromatic carbocycles. The molecule has 0 amide bonds. The maximum Gasteiger partial charge on any atom is 0.361 e. The average Bonchev–Trinajstić information content (AvgIpc) is 3.45. The van der Waals surface area contributed by atoms with Crippen LogP contribution in [0.4, 0.5) is 17.1 Å². The van der Waals surface area contributed by atoms with E-state index in [0.29, 0.717) is 5.69 Å². The lowest BCUT2D eigenvalue weighted by Crippen LogP contribution is -2.45. The molecular formula is C44H58N4O2. The van der Waals surface area contributed by atoms with E-state index in [4.69, 9.17) is 9.72 Å². The predicted octanol–water partition coefficient (Wildman–Crippen LogP) is 11.3. The maximum atomic E-state index is 13.7. The van der Waals surface area contributed by atoms with Gasteiger partial charge in [-0.1, -0.05) is 114 Å². The summed E-state index contributed by atoms with van der Waals surface area (Å²) in [4.78, 5) is 27.4. The fourth-order valence-corrected chi connectivity index (χ4v) is 7.28. The summed E-state index contributed by atoms with van der Waals surface area (Å²) < 4.78 is 6.56. The molecule has 5 rings (SSSR count). The molecule has 6 heteroatoms. The lowest BCUT2D eigenvalue weighted by atomic mass is 9.94. The number of benzene rings is 3. The number of anilines is 3. The number of carbonyl (C=O) groups excluding carboxylic acids is 1. The number of hydrogen-bond acceptors (Lipinski definition) is 6. The lowest BCUT2D eigenvalue weighted by Gasteiger charge is -2.41. The Labute approximate surface area is 301 Å². The highest BCUT2D eigenvalue weighted by molar-refractivity contribution is 5.94. The first-order valence-corrected chi connectivity index (χ1v) is 19.4. The van der Waals surface area contributed by atoms with Crippen molar-refractivity contribution in [2.75, 3.05) is 22.9 Å². The van der Waals surface area contributed by atoms with E-state index < -0.39 is 11.7 Å². The number of cyclic esters (lactones) is 1. The number of hydrogen-bond donors (Lipinski definition) is 0. The zero-order valence-electron chi connectivity index (χ0n) is 31.0. The minimum atomic E-state index is -1.34. The number of nitrogens with zero attached hydrogens (tertiary/aromatic N) is 4. The zero-order valence-corrected chi connectivity index (χ0v) is 31.0. The fraction of sp³-hybridized carbons (Fsp3) is 0.477. The van der Waals surface area contributed by atoms with Gasteiger partial charge in [0, 0.05) is 48.1 Å². The van der Waals surface area contributed by atoms with E-state index in [9.17, 15) is 4.79 Å². The van der Waals surface area contributed by atoms with Crippen LogP contribution >= 0.6 is 0 Å². The highest BCUT2D eigenvalue weighted by Crippen LogP contribution is 2.49. The molecule has 0 aliphatic carbocycles. The van der Waals surface area contributed by atoms with Crippen LogP contribution in [0.3, 0.4) is 0 Å². The van der Waals surface area contributed by atoms with Crippen LogP contribution in [0.2, 0.25) is 0 Å². The predicted molar refractivity (Wildman–Crippen MR) is 207 cm³/mol. The van der Waals surface area contributed by atoms with Crippen molar-refractivity contribution in [1.82, 2.24) is 9.97 Å². The Morgan fingerprint density at radius 1 is 0.560 bits per heavy atom. The molecule has 50 heavy (non-hydrogen) atoms. The molecule has 0 saturated heterocycles. The Morgan fingerprint density at radius 2 is 1.02 bits per heavy atom. The normalized spacial score (nSPS) is 15.2. The van der Waals surface area contributed by atoms with Gasteiger partial charge < -0.3 is 9.64 Å². The van der Waals surface area contributed by atoms with Crippen molar-refractivity contribution >= 4 is 23.0 Å². The number of esters is 1. The largest absolute Gasteiger partial charge is 0.423 e. The molecule has 266 valence electrons. The Morgan fingerprint density at radius 3 is 1.52 bits per heavy atom. The van der Waals surface area contributed by atoms with Gasteiger partial charge in [0.2, 0.25) is 0 Å². The quantitative estimate of drug-likeness (QED) is 0.0647. The number of ether oxygens (including phenoxy) is 1. The fourth-order valence-electron chi connectivity index (χ4n) is 7.28. The van der Waals surface area contributed by atoms with Gasteiger partial charge in [0.05, 0.1) is 0 Å². The van der Waals surface area contributed by atoms with Gasteiger partial charge >= 0.3 is 5.97 Å². The summed E-state index contributed by atoms with van der Waals surface area (Å²) >= 11 is 0. The zero-order chi connectivity index (χ0) is 35.2. The topological polar surface area (TPSA) is 58.6 Å². The molecule has 6 nitrogen and oxygen atoms in total. The van der Waals surface area contributed by atoms with Crippen LogP contribution in [0, 0.1) is 0 Å². The molecule has 1 aliphatic heterocycles. The second-order valence-corrected chi connectivity index (χ2v) is 13.7. The van der Waals surface area contributed by atoms with Crippen molar-refractivity contribution in [2.45, 2.75) is 123 Å². The first kappa shape index (κ1) is 37.1. The Kier molecular flexibility index (Phi) is 13.9. The van der Waals surface area contributed by atoms with Crippen molar-refractivity contribution in [1.29, 1.82) is 0 Å². The molecule has 1 aromatic heterocycles. The second kappa shape index (κ2) is 18.7. The monoisotopic (exact) mass is 674 g/mol. The molecule has 0 N–H and O–H groups in total. The standard InChI is InChI=1S/C44H58N4O2/c1-5-9-11-13-15-17-19-35-21-27-39(28-22-35)48(40-29-23-36(24-30-40)20-18-16-14-12-10-6-2)44(42-41(43(49)50-44)45-33-34-46-42)37-25-31-38(32-26-37)47(7-3)8-4/h21-34H,5-20H2,1-4H3. The number of unbranched alkanes of at least 4 members (excludes halogenated alkanes) is 10. The van der Waals surface area contributed by atoms with Gasteiger partial charge in [-0.05, 0) is 87.1 Å². The van der Waals surface area contributed by atoms with Crippen LogP contribution in [0.15, 0.2) is 85.2 Å². The second-order valence-electron chi connectivity index (χ2n) is 13.7. The summed E-state index contributed by atoms with van der Waals surface area (Å²) in [5, 5.41) is 0. The van der Waals surface area contributed by atoms with Crippen LogP contribution in [-0.2, 0) is 23.3 Å². The van der Waals surface area contributed by atoms with Gasteiger partial charge in [-0.25, -0.2) is 9.78 Å². The van der Waals surface area contributed by atoms with Gasteiger partial charge in [0.25, 0.3) is 5.72 Å². The van der Waals surface area contributed by atoms with Crippen molar-refractivity contribution in [3.8, 4) is 0 Å². The maximum absolute atomic E-state index is 13.7. The first-order chi connectivity index (χ1) is 24.5. The summed E-state index contributed by atoms with van der Waals surface area (Å²) in [6.45, 7) is 10.7. The van der Waals surface area contributed by atoms with Crippen LogP contribution in [0.1, 0.15) is 138 Å². The van der Waals surface area contributed by atoms with E-state index in [0.717, 1.165) is 48.6 Å². The molecule has 1 unspecified atom stereocenters. The summed E-state index contributed by atoms with van der Waals surface area (Å²) in [6, 6.07) is 26.0. The van der Waals surface area contributed by atoms with Gasteiger partial charge in [0.1, 0.15) is 5.69 Å². The molecule has 1 atom stereocenters. The summed E-state index contributed by atoms with van der Waals surface area (Å²) in [5.74, 6) is -0.467. The Hall–Kier alpha value is -4.19. The van der Waals surface area contributed by atoms with Crippen molar-refractivity contribution in [3.63, 3.8) is 0 Å². The van der Waals surface area contributed by atoms with Crippen molar-refractivity contribution in [3.05, 3.63) is 113 Å².